The summed E-state index contributed by atoms with van der Waals surface area (Å²) in [4.78, 5) is 6.80. The van der Waals surface area contributed by atoms with E-state index in [-0.39, 0.29) is 5.75 Å². The van der Waals surface area contributed by atoms with Crippen LogP contribution in [0.3, 0.4) is 0 Å². The smallest absolute Gasteiger partial charge is 0.236 e. The van der Waals surface area contributed by atoms with Gasteiger partial charge in [0.2, 0.25) is 10.0 Å². The van der Waals surface area contributed by atoms with Gasteiger partial charge in [-0.05, 0) is 47.0 Å². The average molecular weight is 530 g/mol. The van der Waals surface area contributed by atoms with Gasteiger partial charge >= 0.3 is 0 Å². The Bertz CT molecular complexity index is 1500. The first-order valence-corrected chi connectivity index (χ1v) is 14.1. The molecule has 1 saturated heterocycles. The average Bonchev–Trinajstić information content (AvgIpc) is 2.93. The molecule has 0 saturated carbocycles. The highest BCUT2D eigenvalue weighted by atomic mass is 32.2. The minimum Gasteiger partial charge on any atom is -0.497 e. The molecule has 1 aromatic heterocycles. The molecule has 196 valence electrons. The van der Waals surface area contributed by atoms with E-state index in [1.807, 2.05) is 30.3 Å². The summed E-state index contributed by atoms with van der Waals surface area (Å²) in [7, 11) is -2.11. The number of nitrogens with two attached hydrogens (primary N) is 1. The van der Waals surface area contributed by atoms with E-state index in [4.69, 9.17) is 10.5 Å². The first kappa shape index (κ1) is 25.6. The van der Waals surface area contributed by atoms with Crippen LogP contribution in [0.2, 0.25) is 0 Å². The van der Waals surface area contributed by atoms with Crippen molar-refractivity contribution in [3.8, 4) is 28.0 Å². The summed E-state index contributed by atoms with van der Waals surface area (Å²) in [6.07, 6.45) is 1.75. The summed E-state index contributed by atoms with van der Waals surface area (Å²) >= 11 is 0. The van der Waals surface area contributed by atoms with Crippen molar-refractivity contribution >= 4 is 27.2 Å². The predicted octanol–water partition coefficient (Wildman–Crippen LogP) is 4.36. The van der Waals surface area contributed by atoms with Crippen molar-refractivity contribution < 1.29 is 13.2 Å². The highest BCUT2D eigenvalue weighted by Crippen LogP contribution is 2.34. The van der Waals surface area contributed by atoms with E-state index in [0.717, 1.165) is 37.3 Å². The minimum atomic E-state index is -3.65. The highest BCUT2D eigenvalue weighted by Gasteiger charge is 2.16. The molecule has 0 bridgehead atoms. The lowest BCUT2D eigenvalue weighted by atomic mass is 10.00. The number of methoxy groups -OCH3 is 1. The Morgan fingerprint density at radius 1 is 0.947 bits per heavy atom. The Morgan fingerprint density at radius 2 is 1.68 bits per heavy atom. The van der Waals surface area contributed by atoms with Gasteiger partial charge in [0.25, 0.3) is 0 Å². The summed E-state index contributed by atoms with van der Waals surface area (Å²) in [5, 5.41) is 3.38. The number of rotatable bonds is 8. The molecule has 8 nitrogen and oxygen atoms in total. The Balaban J connectivity index is 1.43. The van der Waals surface area contributed by atoms with Gasteiger partial charge in [-0.3, -0.25) is 4.72 Å². The number of anilines is 3. The molecule has 9 heteroatoms. The molecule has 0 spiro atoms. The highest BCUT2D eigenvalue weighted by molar-refractivity contribution is 7.91. The molecule has 2 heterocycles. The second-order valence-corrected chi connectivity index (χ2v) is 11.0. The molecule has 1 aliphatic heterocycles. The maximum Gasteiger partial charge on any atom is 0.236 e. The molecule has 3 aromatic carbocycles. The van der Waals surface area contributed by atoms with Crippen molar-refractivity contribution in [2.24, 2.45) is 0 Å². The molecular weight excluding hydrogens is 498 g/mol. The van der Waals surface area contributed by atoms with Crippen LogP contribution in [-0.2, 0) is 15.8 Å². The molecule has 0 atom stereocenters. The number of aromatic nitrogens is 1. The monoisotopic (exact) mass is 529 g/mol. The summed E-state index contributed by atoms with van der Waals surface area (Å²) in [5.74, 6) is 0.714. The zero-order valence-corrected chi connectivity index (χ0v) is 22.0. The standard InChI is InChI=1S/C29H31N5O3S/c1-37-27-16-23(15-25(18-27)33-38(35,36)20-21-5-3-2-4-6-21)28-17-24(19-32-29(28)30)22-7-9-26(10-8-22)34-13-11-31-12-14-34/h2-10,15-19,31,33H,11-14,20H2,1H3,(H2,30,32). The molecule has 0 unspecified atom stereocenters. The number of hydrogen-bond acceptors (Lipinski definition) is 7. The van der Waals surface area contributed by atoms with Crippen molar-refractivity contribution in [1.82, 2.24) is 10.3 Å². The number of benzene rings is 3. The molecule has 4 N–H and O–H groups in total. The maximum atomic E-state index is 12.9. The van der Waals surface area contributed by atoms with Gasteiger partial charge in [-0.25, -0.2) is 13.4 Å². The molecular formula is C29H31N5O3S. The predicted molar refractivity (Wildman–Crippen MR) is 154 cm³/mol. The lowest BCUT2D eigenvalue weighted by Crippen LogP contribution is -2.43. The van der Waals surface area contributed by atoms with Crippen LogP contribution in [0.25, 0.3) is 22.3 Å². The van der Waals surface area contributed by atoms with E-state index in [9.17, 15) is 8.42 Å². The lowest BCUT2D eigenvalue weighted by molar-refractivity contribution is 0.415. The first-order valence-electron chi connectivity index (χ1n) is 12.5. The third-order valence-corrected chi connectivity index (χ3v) is 7.79. The second kappa shape index (κ2) is 11.1. The number of nitrogen functional groups attached to an aromatic ring is 1. The number of nitrogens with zero attached hydrogens (tertiary/aromatic N) is 2. The molecule has 1 fully saturated rings. The van der Waals surface area contributed by atoms with E-state index in [1.54, 1.807) is 37.6 Å². The van der Waals surface area contributed by atoms with Gasteiger partial charge in [0.15, 0.2) is 0 Å². The SMILES string of the molecule is COc1cc(NS(=O)(=O)Cc2ccccc2)cc(-c2cc(-c3ccc(N4CCNCC4)cc3)cnc2N)c1. The van der Waals surface area contributed by atoms with Gasteiger partial charge in [0.1, 0.15) is 11.6 Å². The molecule has 38 heavy (non-hydrogen) atoms. The van der Waals surface area contributed by atoms with Crippen molar-refractivity contribution in [3.05, 3.63) is 90.6 Å². The van der Waals surface area contributed by atoms with Gasteiger partial charge in [-0.15, -0.1) is 0 Å². The van der Waals surface area contributed by atoms with Crippen molar-refractivity contribution in [2.75, 3.05) is 48.6 Å². The van der Waals surface area contributed by atoms with Crippen LogP contribution in [0, 0.1) is 0 Å². The third-order valence-electron chi connectivity index (χ3n) is 6.53. The quantitative estimate of drug-likeness (QED) is 0.311. The first-order chi connectivity index (χ1) is 18.4. The van der Waals surface area contributed by atoms with E-state index in [0.29, 0.717) is 33.9 Å². The number of pyridine rings is 1. The number of sulfonamides is 1. The molecule has 0 radical (unpaired) electrons. The normalized spacial score (nSPS) is 13.8. The summed E-state index contributed by atoms with van der Waals surface area (Å²) < 4.78 is 33.9. The molecule has 0 aliphatic carbocycles. The maximum absolute atomic E-state index is 12.9. The van der Waals surface area contributed by atoms with Gasteiger partial charge in [-0.2, -0.15) is 0 Å². The number of hydrogen-bond donors (Lipinski definition) is 3. The van der Waals surface area contributed by atoms with E-state index in [2.05, 4.69) is 44.2 Å². The van der Waals surface area contributed by atoms with E-state index >= 15 is 0 Å². The van der Waals surface area contributed by atoms with Crippen molar-refractivity contribution in [1.29, 1.82) is 0 Å². The molecule has 4 aromatic rings. The van der Waals surface area contributed by atoms with Crippen LogP contribution in [0.15, 0.2) is 85.1 Å². The Morgan fingerprint density at radius 3 is 2.39 bits per heavy atom. The molecule has 5 rings (SSSR count). The van der Waals surface area contributed by atoms with Crippen molar-refractivity contribution in [3.63, 3.8) is 0 Å². The topological polar surface area (TPSA) is 110 Å². The Labute approximate surface area is 223 Å². The number of nitrogens with one attached hydrogen (secondary N) is 2. The zero-order valence-electron chi connectivity index (χ0n) is 21.2. The van der Waals surface area contributed by atoms with E-state index in [1.165, 1.54) is 5.69 Å². The summed E-state index contributed by atoms with van der Waals surface area (Å²) in [6, 6.07) is 24.7. The Hall–Kier alpha value is -4.08. The van der Waals surface area contributed by atoms with Crippen LogP contribution >= 0.6 is 0 Å². The van der Waals surface area contributed by atoms with Gasteiger partial charge in [0.05, 0.1) is 18.6 Å². The van der Waals surface area contributed by atoms with Crippen LogP contribution in [-0.4, -0.2) is 46.7 Å². The Kier molecular flexibility index (Phi) is 7.48. The van der Waals surface area contributed by atoms with Crippen LogP contribution in [0.5, 0.6) is 5.75 Å². The van der Waals surface area contributed by atoms with Gasteiger partial charge in [0, 0.05) is 55.3 Å². The lowest BCUT2D eigenvalue weighted by Gasteiger charge is -2.29. The van der Waals surface area contributed by atoms with Crippen LogP contribution < -0.4 is 25.4 Å². The zero-order chi connectivity index (χ0) is 26.5. The fourth-order valence-corrected chi connectivity index (χ4v) is 5.77. The fraction of sp³-hybridized carbons (Fsp3) is 0.207. The summed E-state index contributed by atoms with van der Waals surface area (Å²) in [5.41, 5.74) is 11.9. The van der Waals surface area contributed by atoms with E-state index < -0.39 is 10.0 Å². The largest absolute Gasteiger partial charge is 0.497 e. The van der Waals surface area contributed by atoms with Gasteiger partial charge in [-0.1, -0.05) is 42.5 Å². The number of ether oxygens (including phenoxy) is 1. The van der Waals surface area contributed by atoms with Gasteiger partial charge < -0.3 is 20.7 Å². The fourth-order valence-electron chi connectivity index (χ4n) is 4.59. The summed E-state index contributed by atoms with van der Waals surface area (Å²) in [6.45, 7) is 3.94. The molecule has 1 aliphatic rings. The van der Waals surface area contributed by atoms with Crippen molar-refractivity contribution in [2.45, 2.75) is 5.75 Å². The minimum absolute atomic E-state index is 0.135. The van der Waals surface area contributed by atoms with Crippen LogP contribution in [0.4, 0.5) is 17.2 Å². The second-order valence-electron chi connectivity index (χ2n) is 9.24. The molecule has 0 amide bonds. The third kappa shape index (κ3) is 6.07. The number of piperazine rings is 1. The van der Waals surface area contributed by atoms with Crippen LogP contribution in [0.1, 0.15) is 5.56 Å².